The summed E-state index contributed by atoms with van der Waals surface area (Å²) in [7, 11) is 0. The highest BCUT2D eigenvalue weighted by Crippen LogP contribution is 2.24. The molecule has 1 saturated heterocycles. The summed E-state index contributed by atoms with van der Waals surface area (Å²) in [4.78, 5) is 50.2. The van der Waals surface area contributed by atoms with Crippen molar-refractivity contribution in [3.63, 3.8) is 0 Å². The second-order valence-electron chi connectivity index (χ2n) is 7.77. The smallest absolute Gasteiger partial charge is 0.262 e. The van der Waals surface area contributed by atoms with Gasteiger partial charge in [-0.1, -0.05) is 12.1 Å². The van der Waals surface area contributed by atoms with Crippen molar-refractivity contribution in [1.29, 1.82) is 0 Å². The monoisotopic (exact) mass is 407 g/mol. The average molecular weight is 407 g/mol. The number of hydrogen-bond acceptors (Lipinski definition) is 6. The van der Waals surface area contributed by atoms with E-state index in [-0.39, 0.29) is 6.54 Å². The van der Waals surface area contributed by atoms with Crippen LogP contribution < -0.4 is 10.2 Å². The minimum atomic E-state index is -0.915. The standard InChI is InChI=1S/C22H25N5O3/c1-14-12-16(25-22(24-14)26-10-6-3-7-11-26)13-23-19(28)15(2)27-20(29)17-8-4-5-9-18(17)21(27)30/h4-5,8-9,12,15H,3,6-7,10-11,13H2,1-2H3,(H,23,28). The van der Waals surface area contributed by atoms with E-state index in [0.29, 0.717) is 22.8 Å². The SMILES string of the molecule is Cc1cc(CNC(=O)C(C)N2C(=O)c3ccccc3C2=O)nc(N2CCCCC2)n1. The summed E-state index contributed by atoms with van der Waals surface area (Å²) in [6, 6.07) is 7.53. The van der Waals surface area contributed by atoms with Gasteiger partial charge < -0.3 is 10.2 Å². The highest BCUT2D eigenvalue weighted by atomic mass is 16.2. The molecule has 1 atom stereocenters. The van der Waals surface area contributed by atoms with Crippen LogP contribution in [-0.2, 0) is 11.3 Å². The number of nitrogens with zero attached hydrogens (tertiary/aromatic N) is 4. The zero-order chi connectivity index (χ0) is 21.3. The Kier molecular flexibility index (Phi) is 5.48. The van der Waals surface area contributed by atoms with Crippen molar-refractivity contribution in [2.45, 2.75) is 45.7 Å². The number of anilines is 1. The molecule has 0 bridgehead atoms. The van der Waals surface area contributed by atoms with E-state index in [2.05, 4.69) is 20.2 Å². The topological polar surface area (TPSA) is 95.5 Å². The van der Waals surface area contributed by atoms with Crippen LogP contribution in [0.3, 0.4) is 0 Å². The van der Waals surface area contributed by atoms with Crippen LogP contribution in [0, 0.1) is 6.92 Å². The molecule has 0 saturated carbocycles. The zero-order valence-corrected chi connectivity index (χ0v) is 17.2. The van der Waals surface area contributed by atoms with Crippen LogP contribution in [0.5, 0.6) is 0 Å². The fourth-order valence-electron chi connectivity index (χ4n) is 3.95. The molecule has 2 aliphatic rings. The Hall–Kier alpha value is -3.29. The van der Waals surface area contributed by atoms with Gasteiger partial charge in [0.15, 0.2) is 0 Å². The minimum Gasteiger partial charge on any atom is -0.349 e. The third-order valence-corrected chi connectivity index (χ3v) is 5.57. The molecule has 8 nitrogen and oxygen atoms in total. The van der Waals surface area contributed by atoms with Crippen molar-refractivity contribution in [2.75, 3.05) is 18.0 Å². The number of carbonyl (C=O) groups excluding carboxylic acids is 3. The molecule has 0 radical (unpaired) electrons. The second-order valence-corrected chi connectivity index (χ2v) is 7.77. The quantitative estimate of drug-likeness (QED) is 0.763. The van der Waals surface area contributed by atoms with Gasteiger partial charge in [-0.25, -0.2) is 9.97 Å². The number of aromatic nitrogens is 2. The first-order chi connectivity index (χ1) is 14.5. The summed E-state index contributed by atoms with van der Waals surface area (Å²) in [6.07, 6.45) is 3.48. The van der Waals surface area contributed by atoms with Gasteiger partial charge in [-0.15, -0.1) is 0 Å². The average Bonchev–Trinajstić information content (AvgIpc) is 3.02. The molecule has 1 unspecified atom stereocenters. The van der Waals surface area contributed by atoms with E-state index in [1.54, 1.807) is 31.2 Å². The number of aryl methyl sites for hydroxylation is 1. The highest BCUT2D eigenvalue weighted by molar-refractivity contribution is 6.22. The van der Waals surface area contributed by atoms with Crippen molar-refractivity contribution in [3.8, 4) is 0 Å². The van der Waals surface area contributed by atoms with Gasteiger partial charge in [0.05, 0.1) is 23.4 Å². The molecule has 1 aromatic carbocycles. The summed E-state index contributed by atoms with van der Waals surface area (Å²) in [6.45, 7) is 5.54. The van der Waals surface area contributed by atoms with E-state index in [4.69, 9.17) is 0 Å². The van der Waals surface area contributed by atoms with Crippen LogP contribution in [0.4, 0.5) is 5.95 Å². The number of amides is 3. The van der Waals surface area contributed by atoms with Crippen LogP contribution >= 0.6 is 0 Å². The fourth-order valence-corrected chi connectivity index (χ4v) is 3.95. The first-order valence-corrected chi connectivity index (χ1v) is 10.3. The lowest BCUT2D eigenvalue weighted by Gasteiger charge is -2.27. The third kappa shape index (κ3) is 3.77. The number of fused-ring (bicyclic) bond motifs is 1. The molecule has 156 valence electrons. The second kappa shape index (κ2) is 8.22. The number of benzene rings is 1. The maximum absolute atomic E-state index is 12.7. The lowest BCUT2D eigenvalue weighted by Crippen LogP contribution is -2.47. The first-order valence-electron chi connectivity index (χ1n) is 10.3. The van der Waals surface area contributed by atoms with Crippen LogP contribution in [0.2, 0.25) is 0 Å². The molecule has 4 rings (SSSR count). The number of piperidine rings is 1. The molecule has 30 heavy (non-hydrogen) atoms. The lowest BCUT2D eigenvalue weighted by atomic mass is 10.1. The van der Waals surface area contributed by atoms with E-state index in [9.17, 15) is 14.4 Å². The molecule has 2 aromatic rings. The largest absolute Gasteiger partial charge is 0.349 e. The van der Waals surface area contributed by atoms with Gasteiger partial charge in [-0.3, -0.25) is 19.3 Å². The number of imide groups is 1. The van der Waals surface area contributed by atoms with Crippen LogP contribution in [-0.4, -0.2) is 51.7 Å². The Morgan fingerprint density at radius 1 is 1.07 bits per heavy atom. The van der Waals surface area contributed by atoms with Gasteiger partial charge in [-0.2, -0.15) is 0 Å². The maximum Gasteiger partial charge on any atom is 0.262 e. The van der Waals surface area contributed by atoms with Gasteiger partial charge in [0.1, 0.15) is 6.04 Å². The van der Waals surface area contributed by atoms with Crippen LogP contribution in [0.1, 0.15) is 58.3 Å². The number of nitrogens with one attached hydrogen (secondary N) is 1. The van der Waals surface area contributed by atoms with Crippen molar-refractivity contribution in [1.82, 2.24) is 20.2 Å². The Balaban J connectivity index is 1.43. The van der Waals surface area contributed by atoms with Crippen molar-refractivity contribution in [2.24, 2.45) is 0 Å². The third-order valence-electron chi connectivity index (χ3n) is 5.57. The molecule has 1 aromatic heterocycles. The minimum absolute atomic E-state index is 0.205. The normalized spacial score (nSPS) is 17.1. The molecule has 1 fully saturated rings. The molecule has 2 aliphatic heterocycles. The molecule has 3 amide bonds. The summed E-state index contributed by atoms with van der Waals surface area (Å²) in [5.41, 5.74) is 2.20. The molecule has 1 N–H and O–H groups in total. The van der Waals surface area contributed by atoms with Crippen molar-refractivity contribution >= 4 is 23.7 Å². The fraction of sp³-hybridized carbons (Fsp3) is 0.409. The Morgan fingerprint density at radius 2 is 1.70 bits per heavy atom. The molecular formula is C22H25N5O3. The lowest BCUT2D eigenvalue weighted by molar-refractivity contribution is -0.124. The van der Waals surface area contributed by atoms with E-state index >= 15 is 0 Å². The van der Waals surface area contributed by atoms with Gasteiger partial charge in [-0.05, 0) is 51.3 Å². The Morgan fingerprint density at radius 3 is 2.33 bits per heavy atom. The van der Waals surface area contributed by atoms with Crippen molar-refractivity contribution < 1.29 is 14.4 Å². The van der Waals surface area contributed by atoms with E-state index in [0.717, 1.165) is 36.5 Å². The van der Waals surface area contributed by atoms with Gasteiger partial charge >= 0.3 is 0 Å². The van der Waals surface area contributed by atoms with Crippen molar-refractivity contribution in [3.05, 3.63) is 52.8 Å². The number of hydrogen-bond donors (Lipinski definition) is 1. The number of carbonyl (C=O) groups is 3. The van der Waals surface area contributed by atoms with Crippen LogP contribution in [0.15, 0.2) is 30.3 Å². The predicted molar refractivity (Wildman–Crippen MR) is 111 cm³/mol. The summed E-state index contributed by atoms with van der Waals surface area (Å²) in [5.74, 6) is -0.598. The van der Waals surface area contributed by atoms with E-state index in [1.165, 1.54) is 6.42 Å². The predicted octanol–water partition coefficient (Wildman–Crippen LogP) is 2.08. The van der Waals surface area contributed by atoms with Gasteiger partial charge in [0, 0.05) is 18.8 Å². The van der Waals surface area contributed by atoms with Crippen LogP contribution in [0.25, 0.3) is 0 Å². The Bertz CT molecular complexity index is 965. The summed E-state index contributed by atoms with van der Waals surface area (Å²) < 4.78 is 0. The van der Waals surface area contributed by atoms with E-state index < -0.39 is 23.8 Å². The number of rotatable bonds is 5. The summed E-state index contributed by atoms with van der Waals surface area (Å²) >= 11 is 0. The van der Waals surface area contributed by atoms with Gasteiger partial charge in [0.2, 0.25) is 11.9 Å². The molecular weight excluding hydrogens is 382 g/mol. The molecule has 0 spiro atoms. The Labute approximate surface area is 175 Å². The highest BCUT2D eigenvalue weighted by Gasteiger charge is 2.40. The summed E-state index contributed by atoms with van der Waals surface area (Å²) in [5, 5.41) is 2.81. The molecule has 3 heterocycles. The first kappa shape index (κ1) is 20.0. The maximum atomic E-state index is 12.7. The molecule has 8 heteroatoms. The zero-order valence-electron chi connectivity index (χ0n) is 17.2. The van der Waals surface area contributed by atoms with E-state index in [1.807, 2.05) is 13.0 Å². The van der Waals surface area contributed by atoms with Gasteiger partial charge in [0.25, 0.3) is 11.8 Å². The molecule has 0 aliphatic carbocycles.